The van der Waals surface area contributed by atoms with E-state index in [1.54, 1.807) is 12.1 Å². The maximum atomic E-state index is 12.2. The van der Waals surface area contributed by atoms with Crippen LogP contribution in [0.15, 0.2) is 30.3 Å². The average molecular weight is 303 g/mol. The predicted molar refractivity (Wildman–Crippen MR) is 86.6 cm³/mol. The third-order valence-corrected chi connectivity index (χ3v) is 4.09. The van der Waals surface area contributed by atoms with Crippen LogP contribution in [0.25, 0.3) is 0 Å². The molecule has 0 aliphatic carbocycles. The largest absolute Gasteiger partial charge is 0.343 e. The summed E-state index contributed by atoms with van der Waals surface area (Å²) in [6.07, 6.45) is 2.07. The van der Waals surface area contributed by atoms with E-state index < -0.39 is 0 Å². The van der Waals surface area contributed by atoms with Crippen LogP contribution >= 0.6 is 0 Å². The number of amides is 2. The highest BCUT2D eigenvalue weighted by Gasteiger charge is 2.22. The van der Waals surface area contributed by atoms with Gasteiger partial charge in [-0.25, -0.2) is 0 Å². The van der Waals surface area contributed by atoms with Crippen LogP contribution in [0.4, 0.5) is 0 Å². The predicted octanol–water partition coefficient (Wildman–Crippen LogP) is 1.26. The van der Waals surface area contributed by atoms with Crippen LogP contribution in [-0.2, 0) is 4.79 Å². The molecule has 0 spiro atoms. The van der Waals surface area contributed by atoms with Crippen molar-refractivity contribution in [1.82, 2.24) is 15.5 Å². The van der Waals surface area contributed by atoms with Crippen LogP contribution < -0.4 is 10.6 Å². The van der Waals surface area contributed by atoms with Gasteiger partial charge in [-0.2, -0.15) is 0 Å². The van der Waals surface area contributed by atoms with Crippen molar-refractivity contribution in [3.05, 3.63) is 35.9 Å². The van der Waals surface area contributed by atoms with Gasteiger partial charge >= 0.3 is 0 Å². The lowest BCUT2D eigenvalue weighted by atomic mass is 9.97. The second kappa shape index (κ2) is 8.54. The molecule has 0 bridgehead atoms. The Bertz CT molecular complexity index is 482. The molecular weight excluding hydrogens is 278 g/mol. The minimum atomic E-state index is -0.198. The first kappa shape index (κ1) is 16.5. The summed E-state index contributed by atoms with van der Waals surface area (Å²) in [6, 6.07) is 8.97. The molecule has 120 valence electrons. The second-order valence-corrected chi connectivity index (χ2v) is 5.68. The fourth-order valence-corrected chi connectivity index (χ4v) is 2.69. The van der Waals surface area contributed by atoms with Crippen LogP contribution in [0.1, 0.15) is 30.1 Å². The number of nitrogens with one attached hydrogen (secondary N) is 2. The lowest BCUT2D eigenvalue weighted by Crippen LogP contribution is -2.45. The van der Waals surface area contributed by atoms with Crippen LogP contribution in [0, 0.1) is 5.92 Å². The summed E-state index contributed by atoms with van der Waals surface area (Å²) in [4.78, 5) is 25.9. The molecule has 1 aromatic rings. The molecule has 1 fully saturated rings. The Kier molecular flexibility index (Phi) is 6.40. The zero-order valence-electron chi connectivity index (χ0n) is 13.2. The van der Waals surface area contributed by atoms with E-state index in [0.29, 0.717) is 11.5 Å². The standard InChI is InChI=1S/C17H25N3O2/c1-2-18-12-14-8-10-20(11-9-14)16(21)13-19-17(22)15-6-4-3-5-7-15/h3-7,14,18H,2,8-13H2,1H3,(H,19,22). The third-order valence-electron chi connectivity index (χ3n) is 4.09. The fraction of sp³-hybridized carbons (Fsp3) is 0.529. The van der Waals surface area contributed by atoms with Crippen molar-refractivity contribution in [2.24, 2.45) is 5.92 Å². The number of hydrogen-bond acceptors (Lipinski definition) is 3. The highest BCUT2D eigenvalue weighted by atomic mass is 16.2. The minimum absolute atomic E-state index is 0.00572. The molecule has 1 aliphatic heterocycles. The summed E-state index contributed by atoms with van der Waals surface area (Å²) in [5.41, 5.74) is 0.583. The van der Waals surface area contributed by atoms with Gasteiger partial charge in [0, 0.05) is 18.7 Å². The Hall–Kier alpha value is -1.88. The molecule has 0 saturated carbocycles. The lowest BCUT2D eigenvalue weighted by Gasteiger charge is -2.32. The lowest BCUT2D eigenvalue weighted by molar-refractivity contribution is -0.131. The smallest absolute Gasteiger partial charge is 0.251 e. The number of carbonyl (C=O) groups is 2. The maximum absolute atomic E-state index is 12.2. The molecule has 0 aromatic heterocycles. The molecule has 1 saturated heterocycles. The third kappa shape index (κ3) is 4.84. The number of likely N-dealkylation sites (tertiary alicyclic amines) is 1. The number of rotatable bonds is 6. The van der Waals surface area contributed by atoms with Gasteiger partial charge in [-0.05, 0) is 44.0 Å². The number of benzene rings is 1. The van der Waals surface area contributed by atoms with Gasteiger partial charge in [0.2, 0.25) is 5.91 Å². The summed E-state index contributed by atoms with van der Waals surface area (Å²) in [5.74, 6) is 0.463. The molecule has 22 heavy (non-hydrogen) atoms. The van der Waals surface area contributed by atoms with Crippen molar-refractivity contribution in [1.29, 1.82) is 0 Å². The van der Waals surface area contributed by atoms with E-state index in [4.69, 9.17) is 0 Å². The molecular formula is C17H25N3O2. The zero-order chi connectivity index (χ0) is 15.8. The SMILES string of the molecule is CCNCC1CCN(C(=O)CNC(=O)c2ccccc2)CC1. The van der Waals surface area contributed by atoms with Gasteiger partial charge in [0.25, 0.3) is 5.91 Å². The number of piperidine rings is 1. The monoisotopic (exact) mass is 303 g/mol. The summed E-state index contributed by atoms with van der Waals surface area (Å²) < 4.78 is 0. The van der Waals surface area contributed by atoms with Gasteiger partial charge in [0.1, 0.15) is 0 Å². The van der Waals surface area contributed by atoms with Crippen molar-refractivity contribution >= 4 is 11.8 Å². The number of carbonyl (C=O) groups excluding carboxylic acids is 2. The van der Waals surface area contributed by atoms with Gasteiger partial charge in [-0.3, -0.25) is 9.59 Å². The number of nitrogens with zero attached hydrogens (tertiary/aromatic N) is 1. The molecule has 5 heteroatoms. The Labute approximate surface area is 132 Å². The van der Waals surface area contributed by atoms with E-state index >= 15 is 0 Å². The van der Waals surface area contributed by atoms with E-state index in [9.17, 15) is 9.59 Å². The van der Waals surface area contributed by atoms with Crippen LogP contribution in [-0.4, -0.2) is 49.4 Å². The van der Waals surface area contributed by atoms with Crippen molar-refractivity contribution in [2.45, 2.75) is 19.8 Å². The molecule has 1 aromatic carbocycles. The molecule has 0 unspecified atom stereocenters. The van der Waals surface area contributed by atoms with E-state index in [-0.39, 0.29) is 18.4 Å². The fourth-order valence-electron chi connectivity index (χ4n) is 2.69. The quantitative estimate of drug-likeness (QED) is 0.832. The summed E-state index contributed by atoms with van der Waals surface area (Å²) in [5, 5.41) is 6.06. The normalized spacial score (nSPS) is 15.6. The van der Waals surface area contributed by atoms with E-state index in [2.05, 4.69) is 17.6 Å². The molecule has 2 amide bonds. The molecule has 5 nitrogen and oxygen atoms in total. The number of hydrogen-bond donors (Lipinski definition) is 2. The van der Waals surface area contributed by atoms with Crippen LogP contribution in [0.3, 0.4) is 0 Å². The highest BCUT2D eigenvalue weighted by Crippen LogP contribution is 2.16. The van der Waals surface area contributed by atoms with E-state index in [1.165, 1.54) is 0 Å². The molecule has 2 rings (SSSR count). The summed E-state index contributed by atoms with van der Waals surface area (Å²) in [6.45, 7) is 5.78. The maximum Gasteiger partial charge on any atom is 0.251 e. The summed E-state index contributed by atoms with van der Waals surface area (Å²) in [7, 11) is 0. The first-order chi connectivity index (χ1) is 10.7. The van der Waals surface area contributed by atoms with Crippen molar-refractivity contribution < 1.29 is 9.59 Å². The topological polar surface area (TPSA) is 61.4 Å². The van der Waals surface area contributed by atoms with Gasteiger partial charge in [-0.15, -0.1) is 0 Å². The van der Waals surface area contributed by atoms with Gasteiger partial charge in [0.05, 0.1) is 6.54 Å². The summed E-state index contributed by atoms with van der Waals surface area (Å²) >= 11 is 0. The van der Waals surface area contributed by atoms with Crippen molar-refractivity contribution in [2.75, 3.05) is 32.7 Å². The highest BCUT2D eigenvalue weighted by molar-refractivity contribution is 5.96. The van der Waals surface area contributed by atoms with Crippen molar-refractivity contribution in [3.8, 4) is 0 Å². The van der Waals surface area contributed by atoms with Crippen molar-refractivity contribution in [3.63, 3.8) is 0 Å². The van der Waals surface area contributed by atoms with Gasteiger partial charge in [-0.1, -0.05) is 25.1 Å². The first-order valence-corrected chi connectivity index (χ1v) is 8.02. The molecule has 0 radical (unpaired) electrons. The Morgan fingerprint density at radius 2 is 1.86 bits per heavy atom. The van der Waals surface area contributed by atoms with E-state index in [1.807, 2.05) is 23.1 Å². The average Bonchev–Trinajstić information content (AvgIpc) is 2.58. The van der Waals surface area contributed by atoms with Crippen LogP contribution in [0.2, 0.25) is 0 Å². The molecule has 1 aliphatic rings. The van der Waals surface area contributed by atoms with Gasteiger partial charge in [0.15, 0.2) is 0 Å². The molecule has 1 heterocycles. The minimum Gasteiger partial charge on any atom is -0.343 e. The Morgan fingerprint density at radius 1 is 1.18 bits per heavy atom. The van der Waals surface area contributed by atoms with Gasteiger partial charge < -0.3 is 15.5 Å². The second-order valence-electron chi connectivity index (χ2n) is 5.68. The first-order valence-electron chi connectivity index (χ1n) is 8.02. The van der Waals surface area contributed by atoms with Crippen LogP contribution in [0.5, 0.6) is 0 Å². The van der Waals surface area contributed by atoms with E-state index in [0.717, 1.165) is 39.0 Å². The molecule has 0 atom stereocenters. The molecule has 2 N–H and O–H groups in total. The Morgan fingerprint density at radius 3 is 2.50 bits per heavy atom. The zero-order valence-corrected chi connectivity index (χ0v) is 13.2. The Balaban J connectivity index is 1.71.